The van der Waals surface area contributed by atoms with E-state index in [-0.39, 0.29) is 5.75 Å². The van der Waals surface area contributed by atoms with Crippen LogP contribution in [0.4, 0.5) is 0 Å². The standard InChI is InChI=1S/C10H13AsO2/c1-2-3-10(13)11-8-4-6-9(12)7-5-8/h4-7,11-12H,2-3H2,1H3. The van der Waals surface area contributed by atoms with Gasteiger partial charge in [-0.2, -0.15) is 0 Å². The van der Waals surface area contributed by atoms with Gasteiger partial charge in [-0.3, -0.25) is 0 Å². The van der Waals surface area contributed by atoms with Gasteiger partial charge in [0.1, 0.15) is 0 Å². The molecule has 1 N–H and O–H groups in total. The summed E-state index contributed by atoms with van der Waals surface area (Å²) in [6.45, 7) is 2.01. The van der Waals surface area contributed by atoms with Crippen LogP contribution in [0.5, 0.6) is 5.75 Å². The van der Waals surface area contributed by atoms with Crippen LogP contribution in [0.1, 0.15) is 19.8 Å². The molecule has 1 rings (SSSR count). The van der Waals surface area contributed by atoms with Crippen molar-refractivity contribution in [2.75, 3.05) is 0 Å². The number of carbonyl (C=O) groups is 1. The molecule has 0 saturated heterocycles. The van der Waals surface area contributed by atoms with Gasteiger partial charge < -0.3 is 0 Å². The first-order valence-electron chi connectivity index (χ1n) is 4.31. The molecule has 0 spiro atoms. The third-order valence-corrected chi connectivity index (χ3v) is 4.04. The zero-order chi connectivity index (χ0) is 9.68. The van der Waals surface area contributed by atoms with Gasteiger partial charge in [0.05, 0.1) is 0 Å². The molecular weight excluding hydrogens is 227 g/mol. The molecule has 0 bridgehead atoms. The number of rotatable bonds is 4. The maximum atomic E-state index is 11.3. The van der Waals surface area contributed by atoms with Gasteiger partial charge in [0, 0.05) is 0 Å². The van der Waals surface area contributed by atoms with Crippen LogP contribution < -0.4 is 4.35 Å². The Labute approximate surface area is 84.7 Å². The van der Waals surface area contributed by atoms with Crippen molar-refractivity contribution in [3.63, 3.8) is 0 Å². The summed E-state index contributed by atoms with van der Waals surface area (Å²) in [5.41, 5.74) is 0. The molecule has 0 aromatic heterocycles. The second-order valence-electron chi connectivity index (χ2n) is 2.85. The molecule has 0 aliphatic heterocycles. The van der Waals surface area contributed by atoms with Crippen molar-refractivity contribution in [1.29, 1.82) is 0 Å². The fourth-order valence-electron chi connectivity index (χ4n) is 0.995. The predicted octanol–water partition coefficient (Wildman–Crippen LogP) is 0.781. The summed E-state index contributed by atoms with van der Waals surface area (Å²) < 4.78 is 1.48. The molecule has 3 heteroatoms. The van der Waals surface area contributed by atoms with E-state index in [1.165, 1.54) is 0 Å². The molecule has 1 unspecified atom stereocenters. The van der Waals surface area contributed by atoms with Gasteiger partial charge in [-0.05, 0) is 0 Å². The topological polar surface area (TPSA) is 37.3 Å². The van der Waals surface area contributed by atoms with E-state index in [2.05, 4.69) is 0 Å². The van der Waals surface area contributed by atoms with E-state index in [1.54, 1.807) is 12.1 Å². The Kier molecular flexibility index (Phi) is 4.04. The van der Waals surface area contributed by atoms with Crippen LogP contribution in [0, 0.1) is 0 Å². The molecule has 0 fully saturated rings. The number of phenols is 1. The van der Waals surface area contributed by atoms with E-state index in [0.717, 1.165) is 10.8 Å². The van der Waals surface area contributed by atoms with Crippen molar-refractivity contribution in [3.8, 4) is 5.75 Å². The Morgan fingerprint density at radius 1 is 1.38 bits per heavy atom. The summed E-state index contributed by atoms with van der Waals surface area (Å²) in [4.78, 5) is 11.3. The molecule has 2 nitrogen and oxygen atoms in total. The first-order valence-corrected chi connectivity index (χ1v) is 6.41. The van der Waals surface area contributed by atoms with Crippen molar-refractivity contribution < 1.29 is 9.90 Å². The molecule has 1 atom stereocenters. The maximum absolute atomic E-state index is 11.3. The zero-order valence-electron chi connectivity index (χ0n) is 7.58. The van der Waals surface area contributed by atoms with Gasteiger partial charge in [0.15, 0.2) is 0 Å². The van der Waals surface area contributed by atoms with Crippen molar-refractivity contribution in [2.24, 2.45) is 0 Å². The third-order valence-electron chi connectivity index (χ3n) is 1.63. The summed E-state index contributed by atoms with van der Waals surface area (Å²) >= 11 is -0.640. The molecule has 13 heavy (non-hydrogen) atoms. The molecular formula is C10H13AsO2. The summed E-state index contributed by atoms with van der Waals surface area (Å²) in [6.07, 6.45) is 1.63. The molecule has 1 aromatic rings. The minimum absolute atomic E-state index is 0.262. The number of carbonyl (C=O) groups excluding carboxylic acids is 1. The quantitative estimate of drug-likeness (QED) is 0.790. The molecule has 0 aliphatic rings. The van der Waals surface area contributed by atoms with Gasteiger partial charge in [-0.15, -0.1) is 0 Å². The van der Waals surface area contributed by atoms with E-state index in [9.17, 15) is 4.79 Å². The summed E-state index contributed by atoms with van der Waals surface area (Å²) in [6, 6.07) is 6.95. The van der Waals surface area contributed by atoms with E-state index in [0.29, 0.717) is 11.0 Å². The van der Waals surface area contributed by atoms with E-state index in [1.807, 2.05) is 19.1 Å². The van der Waals surface area contributed by atoms with Crippen LogP contribution in [-0.2, 0) is 4.79 Å². The SMILES string of the molecule is CCCC(=O)[AsH]c1ccc(O)cc1. The first-order chi connectivity index (χ1) is 6.22. The second-order valence-corrected chi connectivity index (χ2v) is 5.75. The number of phenolic OH excluding ortho intramolecular Hbond substituents is 1. The molecule has 1 aromatic carbocycles. The molecule has 0 heterocycles. The Bertz CT molecular complexity index is 279. The van der Waals surface area contributed by atoms with Crippen molar-refractivity contribution in [3.05, 3.63) is 24.3 Å². The minimum atomic E-state index is -0.640. The first kappa shape index (κ1) is 10.3. The van der Waals surface area contributed by atoms with E-state index in [4.69, 9.17) is 5.11 Å². The Hall–Kier alpha value is -0.752. The number of benzene rings is 1. The molecule has 70 valence electrons. The molecule has 0 saturated carbocycles. The second kappa shape index (κ2) is 5.08. The summed E-state index contributed by atoms with van der Waals surface area (Å²) in [7, 11) is 0. The van der Waals surface area contributed by atoms with Crippen LogP contribution in [0.3, 0.4) is 0 Å². The molecule has 0 aliphatic carbocycles. The predicted molar refractivity (Wildman–Crippen MR) is 54.8 cm³/mol. The van der Waals surface area contributed by atoms with Gasteiger partial charge in [0.25, 0.3) is 0 Å². The Morgan fingerprint density at radius 2 is 2.00 bits per heavy atom. The van der Waals surface area contributed by atoms with Gasteiger partial charge in [-0.1, -0.05) is 0 Å². The van der Waals surface area contributed by atoms with Crippen LogP contribution in [-0.4, -0.2) is 25.4 Å². The normalized spacial score (nSPS) is 10.8. The third kappa shape index (κ3) is 3.64. The monoisotopic (exact) mass is 240 g/mol. The Morgan fingerprint density at radius 3 is 2.54 bits per heavy atom. The van der Waals surface area contributed by atoms with E-state index < -0.39 is 15.8 Å². The van der Waals surface area contributed by atoms with Crippen LogP contribution in [0.25, 0.3) is 0 Å². The van der Waals surface area contributed by atoms with Crippen LogP contribution >= 0.6 is 0 Å². The zero-order valence-corrected chi connectivity index (χ0v) is 9.68. The van der Waals surface area contributed by atoms with Crippen molar-refractivity contribution in [2.45, 2.75) is 19.8 Å². The number of aromatic hydroxyl groups is 1. The fraction of sp³-hybridized carbons (Fsp3) is 0.300. The van der Waals surface area contributed by atoms with Gasteiger partial charge in [0.2, 0.25) is 0 Å². The van der Waals surface area contributed by atoms with Crippen LogP contribution in [0.2, 0.25) is 0 Å². The van der Waals surface area contributed by atoms with Crippen LogP contribution in [0.15, 0.2) is 24.3 Å². The van der Waals surface area contributed by atoms with Crippen molar-refractivity contribution >= 4 is 24.7 Å². The summed E-state index contributed by atoms with van der Waals surface area (Å²) in [5, 5.41) is 9.02. The number of hydrogen-bond donors (Lipinski definition) is 1. The average molecular weight is 240 g/mol. The number of hydrogen-bond acceptors (Lipinski definition) is 2. The fourth-order valence-corrected chi connectivity index (χ4v) is 3.16. The molecule has 0 amide bonds. The molecule has 0 radical (unpaired) electrons. The van der Waals surface area contributed by atoms with E-state index >= 15 is 0 Å². The average Bonchev–Trinajstić information content (AvgIpc) is 2.09. The van der Waals surface area contributed by atoms with Gasteiger partial charge in [-0.25, -0.2) is 0 Å². The van der Waals surface area contributed by atoms with Gasteiger partial charge >= 0.3 is 84.4 Å². The summed E-state index contributed by atoms with van der Waals surface area (Å²) in [5.74, 6) is 0.262. The van der Waals surface area contributed by atoms with Crippen molar-refractivity contribution in [1.82, 2.24) is 0 Å². The Balaban J connectivity index is 2.54.